The van der Waals surface area contributed by atoms with E-state index in [2.05, 4.69) is 12.2 Å². The summed E-state index contributed by atoms with van der Waals surface area (Å²) >= 11 is 0. The first-order chi connectivity index (χ1) is 13.6. The number of unbranched alkanes of at least 4 members (excludes halogenated alkanes) is 7. The van der Waals surface area contributed by atoms with Gasteiger partial charge < -0.3 is 14.7 Å². The molecule has 2 rings (SSSR count). The Balaban J connectivity index is 1.60. The Labute approximate surface area is 168 Å². The highest BCUT2D eigenvalue weighted by Gasteiger charge is 2.28. The maximum atomic E-state index is 12.0. The highest BCUT2D eigenvalue weighted by Crippen LogP contribution is 2.16. The van der Waals surface area contributed by atoms with Crippen molar-refractivity contribution in [3.8, 4) is 0 Å². The third kappa shape index (κ3) is 8.19. The average molecular weight is 391 g/mol. The molecular weight excluding hydrogens is 356 g/mol. The van der Waals surface area contributed by atoms with Crippen LogP contribution in [0.3, 0.4) is 0 Å². The van der Waals surface area contributed by atoms with E-state index in [9.17, 15) is 9.59 Å². The second kappa shape index (κ2) is 12.3. The monoisotopic (exact) mass is 390 g/mol. The Hall–Kier alpha value is -2.24. The number of amides is 2. The molecule has 156 valence electrons. The lowest BCUT2D eigenvalue weighted by Crippen LogP contribution is -2.30. The predicted molar refractivity (Wildman–Crippen MR) is 111 cm³/mol. The molecule has 0 spiro atoms. The van der Waals surface area contributed by atoms with E-state index in [1.165, 1.54) is 61.8 Å². The smallest absolute Gasteiger partial charge is 0.411 e. The Morgan fingerprint density at radius 2 is 1.71 bits per heavy atom. The number of aryl methyl sites for hydroxylation is 1. The molecule has 1 heterocycles. The molecule has 1 unspecified atom stereocenters. The van der Waals surface area contributed by atoms with E-state index in [-0.39, 0.29) is 12.6 Å². The van der Waals surface area contributed by atoms with Crippen LogP contribution in [0, 0.1) is 0 Å². The highest BCUT2D eigenvalue weighted by molar-refractivity contribution is 5.84. The molecule has 0 radical (unpaired) electrons. The topological polar surface area (TPSA) is 78.9 Å². The lowest BCUT2D eigenvalue weighted by atomic mass is 10.0. The first kappa shape index (κ1) is 22.1. The van der Waals surface area contributed by atoms with Crippen LogP contribution < -0.4 is 5.32 Å². The van der Waals surface area contributed by atoms with Gasteiger partial charge in [0, 0.05) is 18.7 Å². The molecule has 0 bridgehead atoms. The molecule has 0 saturated carbocycles. The lowest BCUT2D eigenvalue weighted by molar-refractivity contribution is 0.109. The van der Waals surface area contributed by atoms with Crippen molar-refractivity contribution >= 4 is 17.9 Å². The summed E-state index contributed by atoms with van der Waals surface area (Å²) in [7, 11) is 0. The number of hydrogen-bond donors (Lipinski definition) is 2. The largest absolute Gasteiger partial charge is 0.465 e. The van der Waals surface area contributed by atoms with Crippen LogP contribution in [0.1, 0.15) is 70.3 Å². The van der Waals surface area contributed by atoms with Crippen LogP contribution in [0.2, 0.25) is 0 Å². The molecule has 1 aliphatic heterocycles. The normalized spacial score (nSPS) is 16.2. The molecule has 1 saturated heterocycles. The summed E-state index contributed by atoms with van der Waals surface area (Å²) in [4.78, 5) is 24.1. The Kier molecular flexibility index (Phi) is 9.66. The van der Waals surface area contributed by atoms with Gasteiger partial charge in [0.25, 0.3) is 0 Å². The summed E-state index contributed by atoms with van der Waals surface area (Å²) in [6, 6.07) is 7.86. The molecule has 2 N–H and O–H groups in total. The second-order valence-corrected chi connectivity index (χ2v) is 7.59. The number of carboxylic acid groups (broad SMARTS) is 1. The first-order valence-electron chi connectivity index (χ1n) is 10.6. The molecule has 1 aromatic rings. The van der Waals surface area contributed by atoms with E-state index in [0.29, 0.717) is 18.7 Å². The van der Waals surface area contributed by atoms with Crippen LogP contribution in [0.4, 0.5) is 15.3 Å². The summed E-state index contributed by atoms with van der Waals surface area (Å²) in [6.07, 6.45) is 10.2. The zero-order valence-electron chi connectivity index (χ0n) is 17.0. The third-order valence-electron chi connectivity index (χ3n) is 5.21. The number of nitrogens with zero attached hydrogens (tertiary/aromatic N) is 1. The molecule has 1 atom stereocenters. The van der Waals surface area contributed by atoms with Crippen LogP contribution in [0.5, 0.6) is 0 Å². The molecule has 2 amide bonds. The minimum Gasteiger partial charge on any atom is -0.465 e. The van der Waals surface area contributed by atoms with Gasteiger partial charge in [0.1, 0.15) is 6.10 Å². The third-order valence-corrected chi connectivity index (χ3v) is 5.21. The van der Waals surface area contributed by atoms with Crippen LogP contribution in [0.25, 0.3) is 0 Å². The van der Waals surface area contributed by atoms with Gasteiger partial charge in [0.15, 0.2) is 0 Å². The number of hydrogen-bond acceptors (Lipinski definition) is 3. The number of benzene rings is 1. The second-order valence-electron chi connectivity index (χ2n) is 7.59. The predicted octanol–water partition coefficient (Wildman–Crippen LogP) is 5.67. The minimum atomic E-state index is -0.974. The van der Waals surface area contributed by atoms with E-state index in [1.54, 1.807) is 0 Å². The van der Waals surface area contributed by atoms with Crippen molar-refractivity contribution in [1.29, 1.82) is 0 Å². The average Bonchev–Trinajstić information content (AvgIpc) is 3.14. The fourth-order valence-corrected chi connectivity index (χ4v) is 3.51. The van der Waals surface area contributed by atoms with Gasteiger partial charge in [-0.3, -0.25) is 5.32 Å². The van der Waals surface area contributed by atoms with Gasteiger partial charge in [0.05, 0.1) is 6.54 Å². The van der Waals surface area contributed by atoms with E-state index < -0.39 is 12.2 Å². The summed E-state index contributed by atoms with van der Waals surface area (Å²) < 4.78 is 5.30. The molecule has 0 aliphatic carbocycles. The van der Waals surface area contributed by atoms with E-state index in [0.717, 1.165) is 6.42 Å². The van der Waals surface area contributed by atoms with E-state index in [4.69, 9.17) is 9.84 Å². The van der Waals surface area contributed by atoms with Crippen molar-refractivity contribution in [1.82, 2.24) is 4.90 Å². The van der Waals surface area contributed by atoms with Gasteiger partial charge in [-0.05, 0) is 30.5 Å². The molecule has 0 aromatic heterocycles. The summed E-state index contributed by atoms with van der Waals surface area (Å²) in [5.74, 6) is 0. The SMILES string of the molecule is CCCCCCCCCCc1ccc(NC(=O)OC2CCN(C(=O)O)C2)cc1. The summed E-state index contributed by atoms with van der Waals surface area (Å²) in [6.45, 7) is 2.88. The maximum absolute atomic E-state index is 12.0. The number of rotatable bonds is 11. The molecule has 1 aliphatic rings. The van der Waals surface area contributed by atoms with Gasteiger partial charge in [0.2, 0.25) is 0 Å². The quantitative estimate of drug-likeness (QED) is 0.477. The summed E-state index contributed by atoms with van der Waals surface area (Å²) in [5, 5.41) is 11.6. The van der Waals surface area contributed by atoms with Gasteiger partial charge >= 0.3 is 12.2 Å². The van der Waals surface area contributed by atoms with E-state index in [1.807, 2.05) is 24.3 Å². The number of anilines is 1. The zero-order chi connectivity index (χ0) is 20.2. The van der Waals surface area contributed by atoms with Crippen LogP contribution in [0.15, 0.2) is 24.3 Å². The highest BCUT2D eigenvalue weighted by atomic mass is 16.6. The fourth-order valence-electron chi connectivity index (χ4n) is 3.51. The Morgan fingerprint density at radius 1 is 1.07 bits per heavy atom. The lowest BCUT2D eigenvalue weighted by Gasteiger charge is -2.14. The first-order valence-corrected chi connectivity index (χ1v) is 10.6. The number of carbonyl (C=O) groups excluding carboxylic acids is 1. The minimum absolute atomic E-state index is 0.236. The number of carbonyl (C=O) groups is 2. The van der Waals surface area contributed by atoms with Crippen LogP contribution in [-0.2, 0) is 11.2 Å². The maximum Gasteiger partial charge on any atom is 0.411 e. The number of ether oxygens (including phenoxy) is 1. The van der Waals surface area contributed by atoms with Gasteiger partial charge in [-0.15, -0.1) is 0 Å². The van der Waals surface area contributed by atoms with Gasteiger partial charge in [-0.2, -0.15) is 0 Å². The standard InChI is InChI=1S/C22H34N2O4/c1-2-3-4-5-6-7-8-9-10-18-11-13-19(14-12-18)23-21(25)28-20-15-16-24(17-20)22(26)27/h11-14,20H,2-10,15-17H2,1H3,(H,23,25)(H,26,27). The number of nitrogens with one attached hydrogen (secondary N) is 1. The molecule has 6 heteroatoms. The molecular formula is C22H34N2O4. The van der Waals surface area contributed by atoms with Crippen molar-refractivity contribution in [2.24, 2.45) is 0 Å². The van der Waals surface area contributed by atoms with Crippen molar-refractivity contribution < 1.29 is 19.4 Å². The fraction of sp³-hybridized carbons (Fsp3) is 0.636. The summed E-state index contributed by atoms with van der Waals surface area (Å²) in [5.41, 5.74) is 1.97. The van der Waals surface area contributed by atoms with Crippen molar-refractivity contribution in [3.63, 3.8) is 0 Å². The Bertz CT molecular complexity index is 603. The zero-order valence-corrected chi connectivity index (χ0v) is 17.0. The Morgan fingerprint density at radius 3 is 2.32 bits per heavy atom. The van der Waals surface area contributed by atoms with Crippen LogP contribution >= 0.6 is 0 Å². The van der Waals surface area contributed by atoms with Crippen molar-refractivity contribution in [2.75, 3.05) is 18.4 Å². The number of likely N-dealkylation sites (tertiary alicyclic amines) is 1. The van der Waals surface area contributed by atoms with Crippen LogP contribution in [-0.4, -0.2) is 41.4 Å². The molecule has 6 nitrogen and oxygen atoms in total. The van der Waals surface area contributed by atoms with Gasteiger partial charge in [-0.25, -0.2) is 9.59 Å². The van der Waals surface area contributed by atoms with Crippen molar-refractivity contribution in [2.45, 2.75) is 77.2 Å². The molecule has 1 fully saturated rings. The van der Waals surface area contributed by atoms with Crippen molar-refractivity contribution in [3.05, 3.63) is 29.8 Å². The van der Waals surface area contributed by atoms with Gasteiger partial charge in [-0.1, -0.05) is 64.0 Å². The molecule has 28 heavy (non-hydrogen) atoms. The molecule has 1 aromatic carbocycles. The van der Waals surface area contributed by atoms with E-state index >= 15 is 0 Å².